The molecule has 14 heavy (non-hydrogen) atoms. The van der Waals surface area contributed by atoms with Crippen molar-refractivity contribution < 1.29 is 9.47 Å². The number of rotatable bonds is 4. The summed E-state index contributed by atoms with van der Waals surface area (Å²) in [7, 11) is 0. The van der Waals surface area contributed by atoms with Crippen molar-refractivity contribution in [3.63, 3.8) is 0 Å². The average molecular weight is 200 g/mol. The van der Waals surface area contributed by atoms with E-state index in [0.717, 1.165) is 19.4 Å². The van der Waals surface area contributed by atoms with E-state index in [0.29, 0.717) is 17.9 Å². The Morgan fingerprint density at radius 1 is 1.21 bits per heavy atom. The van der Waals surface area contributed by atoms with Crippen LogP contribution in [0.2, 0.25) is 0 Å². The van der Waals surface area contributed by atoms with Crippen LogP contribution in [0.4, 0.5) is 0 Å². The second-order valence-electron chi connectivity index (χ2n) is 5.41. The van der Waals surface area contributed by atoms with E-state index < -0.39 is 0 Å². The minimum Gasteiger partial charge on any atom is -0.348 e. The molecule has 84 valence electrons. The Balaban J connectivity index is 2.38. The Bertz CT molecular complexity index is 177. The van der Waals surface area contributed by atoms with Gasteiger partial charge in [-0.3, -0.25) is 0 Å². The molecule has 0 bridgehead atoms. The van der Waals surface area contributed by atoms with Crippen molar-refractivity contribution >= 4 is 0 Å². The maximum absolute atomic E-state index is 5.95. The smallest absolute Gasteiger partial charge is 0.166 e. The molecule has 1 fully saturated rings. The molecule has 2 nitrogen and oxygen atoms in total. The van der Waals surface area contributed by atoms with Gasteiger partial charge in [-0.15, -0.1) is 0 Å². The zero-order valence-electron chi connectivity index (χ0n) is 10.2. The third-order valence-electron chi connectivity index (χ3n) is 2.50. The lowest BCUT2D eigenvalue weighted by Crippen LogP contribution is -2.28. The summed E-state index contributed by atoms with van der Waals surface area (Å²) >= 11 is 0. The van der Waals surface area contributed by atoms with Gasteiger partial charge in [0.1, 0.15) is 0 Å². The van der Waals surface area contributed by atoms with Gasteiger partial charge in [-0.25, -0.2) is 0 Å². The Morgan fingerprint density at radius 3 is 2.36 bits per heavy atom. The number of hydrogen-bond donors (Lipinski definition) is 0. The molecule has 0 aromatic carbocycles. The highest BCUT2D eigenvalue weighted by Crippen LogP contribution is 2.31. The third kappa shape index (κ3) is 3.58. The largest absolute Gasteiger partial charge is 0.348 e. The first-order chi connectivity index (χ1) is 6.41. The zero-order chi connectivity index (χ0) is 10.8. The lowest BCUT2D eigenvalue weighted by atomic mass is 10.0. The summed E-state index contributed by atoms with van der Waals surface area (Å²) in [5, 5.41) is 0. The number of hydrogen-bond acceptors (Lipinski definition) is 2. The van der Waals surface area contributed by atoms with Crippen LogP contribution < -0.4 is 0 Å². The summed E-state index contributed by atoms with van der Waals surface area (Å²) in [6, 6.07) is 0. The van der Waals surface area contributed by atoms with Crippen molar-refractivity contribution in [2.45, 2.75) is 59.4 Å². The van der Waals surface area contributed by atoms with Crippen LogP contribution in [-0.2, 0) is 9.47 Å². The minimum absolute atomic E-state index is 0.304. The molecule has 2 heteroatoms. The van der Waals surface area contributed by atoms with Gasteiger partial charge in [-0.1, -0.05) is 27.7 Å². The van der Waals surface area contributed by atoms with Gasteiger partial charge < -0.3 is 9.47 Å². The van der Waals surface area contributed by atoms with Crippen molar-refractivity contribution in [1.82, 2.24) is 0 Å². The molecule has 1 aliphatic rings. The highest BCUT2D eigenvalue weighted by atomic mass is 16.7. The number of ether oxygens (including phenoxy) is 2. The van der Waals surface area contributed by atoms with Crippen molar-refractivity contribution in [2.24, 2.45) is 11.8 Å². The van der Waals surface area contributed by atoms with E-state index >= 15 is 0 Å². The van der Waals surface area contributed by atoms with E-state index in [4.69, 9.17) is 9.47 Å². The second-order valence-corrected chi connectivity index (χ2v) is 5.41. The van der Waals surface area contributed by atoms with Gasteiger partial charge in [0.05, 0.1) is 12.7 Å². The summed E-state index contributed by atoms with van der Waals surface area (Å²) in [5.41, 5.74) is 0. The molecule has 0 spiro atoms. The molecule has 2 unspecified atom stereocenters. The summed E-state index contributed by atoms with van der Waals surface area (Å²) in [5.74, 6) is 0.982. The van der Waals surface area contributed by atoms with Crippen LogP contribution in [0.15, 0.2) is 0 Å². The lowest BCUT2D eigenvalue weighted by Gasteiger charge is -2.25. The third-order valence-corrected chi connectivity index (χ3v) is 2.50. The second kappa shape index (κ2) is 4.63. The van der Waals surface area contributed by atoms with Gasteiger partial charge in [0.2, 0.25) is 0 Å². The average Bonchev–Trinajstić information content (AvgIpc) is 2.28. The van der Waals surface area contributed by atoms with Crippen LogP contribution in [-0.4, -0.2) is 18.5 Å². The van der Waals surface area contributed by atoms with Crippen LogP contribution in [0, 0.1) is 11.8 Å². The molecular formula is C12H24O2. The predicted molar refractivity (Wildman–Crippen MR) is 58.1 cm³/mol. The molecule has 0 amide bonds. The maximum atomic E-state index is 5.95. The first-order valence-electron chi connectivity index (χ1n) is 5.73. The molecule has 1 aliphatic heterocycles. The highest BCUT2D eigenvalue weighted by molar-refractivity contribution is 4.76. The van der Waals surface area contributed by atoms with E-state index in [1.54, 1.807) is 0 Å². The Kier molecular flexibility index (Phi) is 3.96. The van der Waals surface area contributed by atoms with Crippen molar-refractivity contribution in [1.29, 1.82) is 0 Å². The van der Waals surface area contributed by atoms with Crippen molar-refractivity contribution in [3.8, 4) is 0 Å². The van der Waals surface area contributed by atoms with Gasteiger partial charge in [0, 0.05) is 6.42 Å². The summed E-state index contributed by atoms with van der Waals surface area (Å²) in [6.45, 7) is 11.7. The maximum Gasteiger partial charge on any atom is 0.166 e. The summed E-state index contributed by atoms with van der Waals surface area (Å²) in [4.78, 5) is 0. The topological polar surface area (TPSA) is 18.5 Å². The molecule has 0 aromatic heterocycles. The van der Waals surface area contributed by atoms with Crippen LogP contribution in [0.3, 0.4) is 0 Å². The molecular weight excluding hydrogens is 176 g/mol. The fourth-order valence-corrected chi connectivity index (χ4v) is 2.18. The normalized spacial score (nSPS) is 33.2. The van der Waals surface area contributed by atoms with E-state index in [1.165, 1.54) is 0 Å². The van der Waals surface area contributed by atoms with Crippen LogP contribution in [0.5, 0.6) is 0 Å². The van der Waals surface area contributed by atoms with E-state index in [9.17, 15) is 0 Å². The van der Waals surface area contributed by atoms with E-state index in [-0.39, 0.29) is 5.79 Å². The van der Waals surface area contributed by atoms with Crippen LogP contribution >= 0.6 is 0 Å². The SMILES string of the molecule is CC(C)CC1COC(C)(CC(C)C)O1. The fraction of sp³-hybridized carbons (Fsp3) is 1.00. The summed E-state index contributed by atoms with van der Waals surface area (Å²) in [6.07, 6.45) is 2.40. The molecule has 0 saturated carbocycles. The minimum atomic E-state index is -0.326. The van der Waals surface area contributed by atoms with E-state index in [2.05, 4.69) is 34.6 Å². The molecule has 0 radical (unpaired) electrons. The molecule has 0 aromatic rings. The fourth-order valence-electron chi connectivity index (χ4n) is 2.18. The van der Waals surface area contributed by atoms with Gasteiger partial charge in [-0.2, -0.15) is 0 Å². The lowest BCUT2D eigenvalue weighted by molar-refractivity contribution is -0.165. The molecule has 1 saturated heterocycles. The van der Waals surface area contributed by atoms with Gasteiger partial charge in [-0.05, 0) is 25.2 Å². The van der Waals surface area contributed by atoms with Crippen LogP contribution in [0.25, 0.3) is 0 Å². The van der Waals surface area contributed by atoms with Crippen molar-refractivity contribution in [2.75, 3.05) is 6.61 Å². The Morgan fingerprint density at radius 2 is 1.86 bits per heavy atom. The standard InChI is InChI=1S/C12H24O2/c1-9(2)6-11-8-13-12(5,14-11)7-10(3)4/h9-11H,6-8H2,1-5H3. The van der Waals surface area contributed by atoms with Crippen LogP contribution in [0.1, 0.15) is 47.5 Å². The zero-order valence-corrected chi connectivity index (χ0v) is 10.2. The quantitative estimate of drug-likeness (QED) is 0.693. The molecule has 2 atom stereocenters. The van der Waals surface area contributed by atoms with Gasteiger partial charge >= 0.3 is 0 Å². The molecule has 0 aliphatic carbocycles. The van der Waals surface area contributed by atoms with E-state index in [1.807, 2.05) is 0 Å². The first-order valence-corrected chi connectivity index (χ1v) is 5.73. The molecule has 1 rings (SSSR count). The highest BCUT2D eigenvalue weighted by Gasteiger charge is 2.37. The van der Waals surface area contributed by atoms with Crippen molar-refractivity contribution in [3.05, 3.63) is 0 Å². The Labute approximate surface area is 88.0 Å². The Hall–Kier alpha value is -0.0800. The molecule has 1 heterocycles. The van der Waals surface area contributed by atoms with Gasteiger partial charge in [0.25, 0.3) is 0 Å². The van der Waals surface area contributed by atoms with Gasteiger partial charge in [0.15, 0.2) is 5.79 Å². The molecule has 0 N–H and O–H groups in total. The summed E-state index contributed by atoms with van der Waals surface area (Å²) < 4.78 is 11.7. The monoisotopic (exact) mass is 200 g/mol. The first kappa shape index (κ1) is 12.0. The predicted octanol–water partition coefficient (Wildman–Crippen LogP) is 3.21.